The van der Waals surface area contributed by atoms with Crippen LogP contribution in [0.2, 0.25) is 5.02 Å². The Morgan fingerprint density at radius 3 is 2.68 bits per heavy atom. The van der Waals surface area contributed by atoms with Gasteiger partial charge in [-0.25, -0.2) is 4.57 Å². The normalized spacial score (nSPS) is 15.6. The number of para-hydroxylation sites is 1. The number of benzene rings is 1. The molecule has 1 aromatic carbocycles. The van der Waals surface area contributed by atoms with E-state index in [1.165, 1.54) is 11.3 Å². The van der Waals surface area contributed by atoms with Crippen LogP contribution < -0.4 is 36.6 Å². The Morgan fingerprint density at radius 2 is 2.00 bits per heavy atom. The van der Waals surface area contributed by atoms with Crippen LogP contribution in [0, 0.1) is 0 Å². The van der Waals surface area contributed by atoms with Gasteiger partial charge in [0.25, 0.3) is 5.56 Å². The first-order valence-electron chi connectivity index (χ1n) is 8.61. The number of hydrogen-bond donors (Lipinski definition) is 0. The summed E-state index contributed by atoms with van der Waals surface area (Å²) in [6.07, 6.45) is 4.07. The zero-order valence-electron chi connectivity index (χ0n) is 15.6. The summed E-state index contributed by atoms with van der Waals surface area (Å²) in [5, 5.41) is 1.64. The molecule has 4 rings (SSSR count). The van der Waals surface area contributed by atoms with Crippen molar-refractivity contribution >= 4 is 51.5 Å². The average Bonchev–Trinajstić information content (AvgIpc) is 3.14. The van der Waals surface area contributed by atoms with E-state index in [1.807, 2.05) is 77.6 Å². The Bertz CT molecular complexity index is 1220. The van der Waals surface area contributed by atoms with E-state index in [9.17, 15) is 4.79 Å². The van der Waals surface area contributed by atoms with Gasteiger partial charge in [0.1, 0.15) is 21.3 Å². The molecular weight excluding hydrogens is 433 g/mol. The number of thioether (sulfide) groups is 1. The summed E-state index contributed by atoms with van der Waals surface area (Å²) in [7, 11) is 3.97. The quantitative estimate of drug-likeness (QED) is 0.494. The molecule has 3 heterocycles. The summed E-state index contributed by atoms with van der Waals surface area (Å²) in [4.78, 5) is 16.2. The standard InChI is InChI=1S/C20H19ClN3OS2.ClH/c1-4-24-16(12-13-8-5-6-11-22(13)2)27-18(19(24)25)20-23(3)17-14(21)9-7-10-15(17)26-20;/h5-12H,4H2,1-3H3;1H/q+1;/p-1/b20-18+;. The minimum absolute atomic E-state index is 0. The molecule has 2 aromatic heterocycles. The van der Waals surface area contributed by atoms with Crippen LogP contribution >= 0.6 is 34.7 Å². The number of fused-ring (bicyclic) bond motifs is 1. The van der Waals surface area contributed by atoms with Gasteiger partial charge in [0.2, 0.25) is 5.69 Å². The zero-order chi connectivity index (χ0) is 19.1. The first-order chi connectivity index (χ1) is 13.0. The molecule has 146 valence electrons. The summed E-state index contributed by atoms with van der Waals surface area (Å²) in [6.45, 7) is 2.63. The molecule has 0 radical (unpaired) electrons. The van der Waals surface area contributed by atoms with Crippen molar-refractivity contribution in [1.82, 2.24) is 4.57 Å². The molecule has 3 aromatic rings. The number of aryl methyl sites for hydroxylation is 1. The molecule has 0 bridgehead atoms. The van der Waals surface area contributed by atoms with Crippen LogP contribution in [0.3, 0.4) is 0 Å². The smallest absolute Gasteiger partial charge is 0.271 e. The molecule has 28 heavy (non-hydrogen) atoms. The molecule has 0 spiro atoms. The van der Waals surface area contributed by atoms with Crippen molar-refractivity contribution in [2.24, 2.45) is 7.05 Å². The number of aromatic nitrogens is 2. The van der Waals surface area contributed by atoms with Crippen LogP contribution in [0.5, 0.6) is 0 Å². The third-order valence-electron chi connectivity index (χ3n) is 4.59. The van der Waals surface area contributed by atoms with Crippen LogP contribution in [-0.4, -0.2) is 11.6 Å². The van der Waals surface area contributed by atoms with E-state index in [2.05, 4.69) is 6.08 Å². The van der Waals surface area contributed by atoms with Gasteiger partial charge in [0, 0.05) is 36.7 Å². The number of halogens is 2. The van der Waals surface area contributed by atoms with Gasteiger partial charge < -0.3 is 17.3 Å². The number of thiazole rings is 1. The Kier molecular flexibility index (Phi) is 6.25. The van der Waals surface area contributed by atoms with E-state index in [0.717, 1.165) is 30.5 Å². The number of nitrogens with zero attached hydrogens (tertiary/aromatic N) is 3. The molecule has 0 fully saturated rings. The molecule has 4 nitrogen and oxygen atoms in total. The predicted molar refractivity (Wildman–Crippen MR) is 114 cm³/mol. The molecule has 0 atom stereocenters. The van der Waals surface area contributed by atoms with E-state index in [0.29, 0.717) is 11.6 Å². The molecule has 0 unspecified atom stereocenters. The zero-order valence-corrected chi connectivity index (χ0v) is 18.8. The number of pyridine rings is 1. The van der Waals surface area contributed by atoms with Crippen molar-refractivity contribution in [3.8, 4) is 0 Å². The summed E-state index contributed by atoms with van der Waals surface area (Å²) in [5.74, 6) is 0. The lowest BCUT2D eigenvalue weighted by atomic mass is 10.3. The van der Waals surface area contributed by atoms with Crippen molar-refractivity contribution < 1.29 is 17.0 Å². The highest BCUT2D eigenvalue weighted by Crippen LogP contribution is 2.48. The number of rotatable bonds is 2. The molecule has 0 amide bonds. The fourth-order valence-electron chi connectivity index (χ4n) is 3.16. The van der Waals surface area contributed by atoms with Gasteiger partial charge in [-0.1, -0.05) is 29.4 Å². The molecule has 0 saturated carbocycles. The minimum Gasteiger partial charge on any atom is -1.00 e. The van der Waals surface area contributed by atoms with Crippen molar-refractivity contribution in [3.63, 3.8) is 0 Å². The van der Waals surface area contributed by atoms with Gasteiger partial charge in [-0.2, -0.15) is 0 Å². The van der Waals surface area contributed by atoms with Gasteiger partial charge in [-0.05, 0) is 25.1 Å². The predicted octanol–water partition coefficient (Wildman–Crippen LogP) is -0.452. The Morgan fingerprint density at radius 1 is 1.21 bits per heavy atom. The third kappa shape index (κ3) is 3.50. The van der Waals surface area contributed by atoms with Crippen LogP contribution in [0.4, 0.5) is 5.69 Å². The summed E-state index contributed by atoms with van der Waals surface area (Å²) in [6, 6.07) is 11.9. The van der Waals surface area contributed by atoms with Crippen molar-refractivity contribution in [1.29, 1.82) is 0 Å². The maximum absolute atomic E-state index is 13.1. The van der Waals surface area contributed by atoms with Crippen molar-refractivity contribution in [3.05, 3.63) is 72.9 Å². The van der Waals surface area contributed by atoms with Gasteiger partial charge in [-0.15, -0.1) is 11.3 Å². The van der Waals surface area contributed by atoms with Gasteiger partial charge in [0.05, 0.1) is 10.7 Å². The summed E-state index contributed by atoms with van der Waals surface area (Å²) < 4.78 is 5.58. The first kappa shape index (κ1) is 21.0. The SMILES string of the molecule is CCn1c(=O)/c(=C2\Sc3cccc(Cl)c3N2C)s/c1=C\c1cccc[n+]1C.[Cl-]. The lowest BCUT2D eigenvalue weighted by Gasteiger charge is -2.13. The Hall–Kier alpha value is -1.73. The van der Waals surface area contributed by atoms with E-state index in [4.69, 9.17) is 11.6 Å². The van der Waals surface area contributed by atoms with Crippen molar-refractivity contribution in [2.75, 3.05) is 11.9 Å². The molecule has 8 heteroatoms. The monoisotopic (exact) mass is 451 g/mol. The molecule has 1 aliphatic heterocycles. The summed E-state index contributed by atoms with van der Waals surface area (Å²) >= 11 is 9.52. The Labute approximate surface area is 182 Å². The second kappa shape index (κ2) is 8.33. The fourth-order valence-corrected chi connectivity index (χ4v) is 6.00. The lowest BCUT2D eigenvalue weighted by Crippen LogP contribution is -3.00. The molecule has 1 aliphatic rings. The molecule has 0 saturated heterocycles. The van der Waals surface area contributed by atoms with E-state index in [1.54, 1.807) is 11.8 Å². The topological polar surface area (TPSA) is 29.1 Å². The molecular formula is C20H19Cl2N3OS2. The fraction of sp³-hybridized carbons (Fsp3) is 0.200. The van der Waals surface area contributed by atoms with Gasteiger partial charge >= 0.3 is 0 Å². The van der Waals surface area contributed by atoms with Crippen LogP contribution in [0.1, 0.15) is 12.6 Å². The van der Waals surface area contributed by atoms with Crippen molar-refractivity contribution in [2.45, 2.75) is 18.4 Å². The minimum atomic E-state index is 0. The maximum Gasteiger partial charge on any atom is 0.271 e. The first-order valence-corrected chi connectivity index (χ1v) is 10.6. The van der Waals surface area contributed by atoms with Crippen LogP contribution in [0.15, 0.2) is 52.3 Å². The second-order valence-electron chi connectivity index (χ2n) is 6.25. The Balaban J connectivity index is 0.00000225. The lowest BCUT2D eigenvalue weighted by molar-refractivity contribution is -0.673. The van der Waals surface area contributed by atoms with E-state index < -0.39 is 0 Å². The highest BCUT2D eigenvalue weighted by atomic mass is 35.5. The third-order valence-corrected chi connectivity index (χ3v) is 7.36. The molecule has 0 aliphatic carbocycles. The number of hydrogen-bond acceptors (Lipinski definition) is 4. The highest BCUT2D eigenvalue weighted by Gasteiger charge is 2.26. The van der Waals surface area contributed by atoms with Gasteiger partial charge in [0.15, 0.2) is 6.20 Å². The van der Waals surface area contributed by atoms with Crippen LogP contribution in [0.25, 0.3) is 11.1 Å². The molecule has 0 N–H and O–H groups in total. The van der Waals surface area contributed by atoms with E-state index >= 15 is 0 Å². The largest absolute Gasteiger partial charge is 1.00 e. The number of anilines is 1. The van der Waals surface area contributed by atoms with Gasteiger partial charge in [-0.3, -0.25) is 9.36 Å². The highest BCUT2D eigenvalue weighted by molar-refractivity contribution is 8.08. The average molecular weight is 452 g/mol. The van der Waals surface area contributed by atoms with Crippen LogP contribution in [-0.2, 0) is 13.6 Å². The summed E-state index contributed by atoms with van der Waals surface area (Å²) in [5.41, 5.74) is 2.07. The maximum atomic E-state index is 13.1. The van der Waals surface area contributed by atoms with E-state index in [-0.39, 0.29) is 18.0 Å². The second-order valence-corrected chi connectivity index (χ2v) is 8.72.